The van der Waals surface area contributed by atoms with Gasteiger partial charge in [-0.3, -0.25) is 0 Å². The molecule has 1 aromatic carbocycles. The molecule has 0 aliphatic carbocycles. The molecule has 2 aromatic rings. The van der Waals surface area contributed by atoms with Crippen LogP contribution in [0.4, 0.5) is 0 Å². The zero-order chi connectivity index (χ0) is 10.5. The van der Waals surface area contributed by atoms with Crippen LogP contribution < -0.4 is 0 Å². The van der Waals surface area contributed by atoms with Crippen molar-refractivity contribution in [3.8, 4) is 0 Å². The normalized spacial score (nSPS) is 11.0. The fourth-order valence-corrected chi connectivity index (χ4v) is 2.55. The molecule has 1 aromatic heterocycles. The van der Waals surface area contributed by atoms with Crippen LogP contribution in [-0.2, 0) is 6.42 Å². The maximum atomic E-state index is 4.29. The first-order valence-electron chi connectivity index (χ1n) is 5.72. The Hall–Kier alpha value is -0.890. The number of thiazole rings is 1. The molecule has 80 valence electrons. The Morgan fingerprint density at radius 2 is 2.13 bits per heavy atom. The van der Waals surface area contributed by atoms with Crippen molar-refractivity contribution in [2.45, 2.75) is 39.0 Å². The van der Waals surface area contributed by atoms with Gasteiger partial charge in [0, 0.05) is 0 Å². The minimum absolute atomic E-state index is 1.14. The van der Waals surface area contributed by atoms with E-state index in [-0.39, 0.29) is 0 Å². The highest BCUT2D eigenvalue weighted by Crippen LogP contribution is 2.20. The minimum atomic E-state index is 1.14. The van der Waals surface area contributed by atoms with Gasteiger partial charge in [-0.05, 0) is 30.5 Å². The molecule has 0 unspecified atom stereocenters. The lowest BCUT2D eigenvalue weighted by Crippen LogP contribution is -1.85. The van der Waals surface area contributed by atoms with E-state index in [2.05, 4.69) is 30.1 Å². The van der Waals surface area contributed by atoms with Gasteiger partial charge in [0.15, 0.2) is 0 Å². The van der Waals surface area contributed by atoms with Crippen molar-refractivity contribution >= 4 is 21.6 Å². The fraction of sp³-hybridized carbons (Fsp3) is 0.462. The summed E-state index contributed by atoms with van der Waals surface area (Å²) in [7, 11) is 0. The number of benzene rings is 1. The fourth-order valence-electron chi connectivity index (χ4n) is 1.81. The van der Waals surface area contributed by atoms with Crippen LogP contribution in [0, 0.1) is 0 Å². The molecule has 0 saturated heterocycles. The van der Waals surface area contributed by atoms with Crippen molar-refractivity contribution in [3.05, 3.63) is 29.3 Å². The van der Waals surface area contributed by atoms with Gasteiger partial charge >= 0.3 is 0 Å². The van der Waals surface area contributed by atoms with Gasteiger partial charge in [0.1, 0.15) is 0 Å². The first-order chi connectivity index (χ1) is 7.40. The standard InChI is InChI=1S/C13H17NS/c1-2-3-4-5-6-11-7-8-12-13(9-11)15-10-14-12/h7-10H,2-6H2,1H3. The highest BCUT2D eigenvalue weighted by atomic mass is 32.1. The number of nitrogens with zero attached hydrogens (tertiary/aromatic N) is 1. The summed E-state index contributed by atoms with van der Waals surface area (Å²) in [6, 6.07) is 6.65. The molecule has 0 aliphatic heterocycles. The SMILES string of the molecule is CCCCCCc1ccc2ncsc2c1. The van der Waals surface area contributed by atoms with E-state index in [0.29, 0.717) is 0 Å². The van der Waals surface area contributed by atoms with Gasteiger partial charge in [0.05, 0.1) is 15.7 Å². The Bertz CT molecular complexity index is 419. The summed E-state index contributed by atoms with van der Waals surface area (Å²) in [5.41, 5.74) is 4.52. The number of rotatable bonds is 5. The van der Waals surface area contributed by atoms with E-state index in [1.54, 1.807) is 11.3 Å². The van der Waals surface area contributed by atoms with Gasteiger partial charge in [-0.15, -0.1) is 11.3 Å². The number of hydrogen-bond donors (Lipinski definition) is 0. The summed E-state index contributed by atoms with van der Waals surface area (Å²) in [6.07, 6.45) is 6.57. The Labute approximate surface area is 95.2 Å². The highest BCUT2D eigenvalue weighted by molar-refractivity contribution is 7.16. The number of fused-ring (bicyclic) bond motifs is 1. The molecule has 2 heteroatoms. The van der Waals surface area contributed by atoms with Crippen LogP contribution in [0.3, 0.4) is 0 Å². The third kappa shape index (κ3) is 2.78. The lowest BCUT2D eigenvalue weighted by Gasteiger charge is -2.00. The molecule has 0 atom stereocenters. The Morgan fingerprint density at radius 3 is 3.00 bits per heavy atom. The van der Waals surface area contributed by atoms with Crippen LogP contribution in [0.2, 0.25) is 0 Å². The van der Waals surface area contributed by atoms with Crippen molar-refractivity contribution < 1.29 is 0 Å². The van der Waals surface area contributed by atoms with Crippen molar-refractivity contribution in [2.24, 2.45) is 0 Å². The number of aryl methyl sites for hydroxylation is 1. The monoisotopic (exact) mass is 219 g/mol. The van der Waals surface area contributed by atoms with Crippen LogP contribution in [0.25, 0.3) is 10.2 Å². The molecule has 15 heavy (non-hydrogen) atoms. The zero-order valence-corrected chi connectivity index (χ0v) is 10.0. The van der Waals surface area contributed by atoms with Crippen molar-refractivity contribution in [2.75, 3.05) is 0 Å². The molecule has 0 aliphatic rings. The predicted molar refractivity (Wildman–Crippen MR) is 67.5 cm³/mol. The van der Waals surface area contributed by atoms with Crippen LogP contribution in [0.1, 0.15) is 38.2 Å². The number of hydrogen-bond acceptors (Lipinski definition) is 2. The van der Waals surface area contributed by atoms with Crippen molar-refractivity contribution in [1.29, 1.82) is 0 Å². The molecule has 0 N–H and O–H groups in total. The largest absolute Gasteiger partial charge is 0.245 e. The topological polar surface area (TPSA) is 12.9 Å². The lowest BCUT2D eigenvalue weighted by molar-refractivity contribution is 0.667. The molecule has 0 bridgehead atoms. The van der Waals surface area contributed by atoms with Gasteiger partial charge < -0.3 is 0 Å². The summed E-state index contributed by atoms with van der Waals surface area (Å²) in [4.78, 5) is 4.29. The predicted octanol–water partition coefficient (Wildman–Crippen LogP) is 4.42. The van der Waals surface area contributed by atoms with E-state index in [1.165, 1.54) is 42.4 Å². The summed E-state index contributed by atoms with van der Waals surface area (Å²) in [5.74, 6) is 0. The molecule has 1 nitrogen and oxygen atoms in total. The zero-order valence-electron chi connectivity index (χ0n) is 9.20. The Morgan fingerprint density at radius 1 is 1.20 bits per heavy atom. The van der Waals surface area contributed by atoms with Gasteiger partial charge in [0.2, 0.25) is 0 Å². The maximum absolute atomic E-state index is 4.29. The highest BCUT2D eigenvalue weighted by Gasteiger charge is 1.98. The Kier molecular flexibility index (Phi) is 3.73. The lowest BCUT2D eigenvalue weighted by atomic mass is 10.1. The maximum Gasteiger partial charge on any atom is 0.0812 e. The van der Waals surface area contributed by atoms with E-state index < -0.39 is 0 Å². The van der Waals surface area contributed by atoms with E-state index >= 15 is 0 Å². The summed E-state index contributed by atoms with van der Waals surface area (Å²) in [6.45, 7) is 2.25. The van der Waals surface area contributed by atoms with Gasteiger partial charge in [0.25, 0.3) is 0 Å². The van der Waals surface area contributed by atoms with Crippen LogP contribution in [-0.4, -0.2) is 4.98 Å². The average Bonchev–Trinajstić information content (AvgIpc) is 2.71. The van der Waals surface area contributed by atoms with Crippen LogP contribution >= 0.6 is 11.3 Å². The second-order valence-electron chi connectivity index (χ2n) is 3.97. The summed E-state index contributed by atoms with van der Waals surface area (Å²) in [5, 5.41) is 0. The van der Waals surface area contributed by atoms with E-state index in [1.807, 2.05) is 5.51 Å². The molecule has 0 spiro atoms. The van der Waals surface area contributed by atoms with Crippen molar-refractivity contribution in [1.82, 2.24) is 4.98 Å². The van der Waals surface area contributed by atoms with Gasteiger partial charge in [-0.25, -0.2) is 4.98 Å². The smallest absolute Gasteiger partial charge is 0.0812 e. The molecule has 2 rings (SSSR count). The molecule has 0 amide bonds. The third-order valence-corrected chi connectivity index (χ3v) is 3.51. The molecule has 1 heterocycles. The summed E-state index contributed by atoms with van der Waals surface area (Å²) < 4.78 is 1.32. The Balaban J connectivity index is 1.96. The molecule has 0 fully saturated rings. The van der Waals surface area contributed by atoms with Crippen LogP contribution in [0.15, 0.2) is 23.7 Å². The van der Waals surface area contributed by atoms with E-state index in [4.69, 9.17) is 0 Å². The second kappa shape index (κ2) is 5.26. The third-order valence-electron chi connectivity index (χ3n) is 2.71. The quantitative estimate of drug-likeness (QED) is 0.678. The van der Waals surface area contributed by atoms with E-state index in [9.17, 15) is 0 Å². The second-order valence-corrected chi connectivity index (χ2v) is 4.85. The number of aromatic nitrogens is 1. The molecular formula is C13H17NS. The molecule has 0 saturated carbocycles. The average molecular weight is 219 g/mol. The summed E-state index contributed by atoms with van der Waals surface area (Å²) >= 11 is 1.73. The minimum Gasteiger partial charge on any atom is -0.245 e. The number of unbranched alkanes of at least 4 members (excludes halogenated alkanes) is 3. The van der Waals surface area contributed by atoms with Gasteiger partial charge in [-0.2, -0.15) is 0 Å². The van der Waals surface area contributed by atoms with Crippen LogP contribution in [0.5, 0.6) is 0 Å². The van der Waals surface area contributed by atoms with Gasteiger partial charge in [-0.1, -0.05) is 32.3 Å². The first kappa shape index (κ1) is 10.6. The molecular weight excluding hydrogens is 202 g/mol. The molecule has 0 radical (unpaired) electrons. The first-order valence-corrected chi connectivity index (χ1v) is 6.60. The van der Waals surface area contributed by atoms with Crippen molar-refractivity contribution in [3.63, 3.8) is 0 Å². The van der Waals surface area contributed by atoms with E-state index in [0.717, 1.165) is 5.52 Å².